The van der Waals surface area contributed by atoms with Gasteiger partial charge in [-0.25, -0.2) is 9.97 Å². The zero-order valence-corrected chi connectivity index (χ0v) is 10.6. The summed E-state index contributed by atoms with van der Waals surface area (Å²) in [6.07, 6.45) is 3.47. The molecule has 0 fully saturated rings. The third kappa shape index (κ3) is 6.19. The minimum absolute atomic E-state index is 0.652. The summed E-state index contributed by atoms with van der Waals surface area (Å²) in [5, 5.41) is 3.25. The molecule has 0 bridgehead atoms. The molecule has 96 valence electrons. The van der Waals surface area contributed by atoms with E-state index in [1.807, 2.05) is 6.07 Å². The Kier molecular flexibility index (Phi) is 7.25. The Morgan fingerprint density at radius 3 is 2.88 bits per heavy atom. The van der Waals surface area contributed by atoms with E-state index in [2.05, 4.69) is 22.2 Å². The summed E-state index contributed by atoms with van der Waals surface area (Å²) < 4.78 is 10.2. The smallest absolute Gasteiger partial charge is 0.129 e. The van der Waals surface area contributed by atoms with E-state index in [-0.39, 0.29) is 0 Å². The van der Waals surface area contributed by atoms with Gasteiger partial charge >= 0.3 is 0 Å². The van der Waals surface area contributed by atoms with Crippen LogP contribution in [0.25, 0.3) is 0 Å². The van der Waals surface area contributed by atoms with Crippen molar-refractivity contribution in [3.05, 3.63) is 18.1 Å². The molecular weight excluding hydrogens is 218 g/mol. The minimum Gasteiger partial charge on any atom is -0.382 e. The van der Waals surface area contributed by atoms with Gasteiger partial charge in [0.1, 0.15) is 12.1 Å². The lowest BCUT2D eigenvalue weighted by Crippen LogP contribution is -2.09. The van der Waals surface area contributed by atoms with E-state index in [0.29, 0.717) is 13.2 Å². The fourth-order valence-electron chi connectivity index (χ4n) is 1.32. The standard InChI is InChI=1S/C12H21N3O2/c1-3-11-9-12(15-10-14-11)13-5-4-6-17-8-7-16-2/h9-10H,3-8H2,1-2H3,(H,13,14,15). The number of methoxy groups -OCH3 is 1. The summed E-state index contributed by atoms with van der Waals surface area (Å²) in [6, 6.07) is 1.98. The van der Waals surface area contributed by atoms with Crippen molar-refractivity contribution in [1.29, 1.82) is 0 Å². The number of nitrogens with one attached hydrogen (secondary N) is 1. The van der Waals surface area contributed by atoms with Gasteiger partial charge in [-0.05, 0) is 12.8 Å². The molecule has 1 aromatic rings. The Hall–Kier alpha value is -1.20. The van der Waals surface area contributed by atoms with E-state index in [0.717, 1.165) is 37.5 Å². The first kappa shape index (κ1) is 13.9. The van der Waals surface area contributed by atoms with E-state index in [1.54, 1.807) is 13.4 Å². The van der Waals surface area contributed by atoms with Crippen molar-refractivity contribution >= 4 is 5.82 Å². The lowest BCUT2D eigenvalue weighted by atomic mass is 10.3. The lowest BCUT2D eigenvalue weighted by molar-refractivity contribution is 0.0705. The fourth-order valence-corrected chi connectivity index (χ4v) is 1.32. The number of ether oxygens (including phenoxy) is 2. The van der Waals surface area contributed by atoms with E-state index in [4.69, 9.17) is 9.47 Å². The van der Waals surface area contributed by atoms with Crippen LogP contribution in [0.4, 0.5) is 5.82 Å². The van der Waals surface area contributed by atoms with Crippen molar-refractivity contribution in [3.8, 4) is 0 Å². The first-order chi connectivity index (χ1) is 8.36. The highest BCUT2D eigenvalue weighted by molar-refractivity contribution is 5.34. The molecule has 5 heteroatoms. The molecule has 0 aliphatic rings. The molecule has 0 radical (unpaired) electrons. The molecule has 17 heavy (non-hydrogen) atoms. The summed E-state index contributed by atoms with van der Waals surface area (Å²) in [6.45, 7) is 4.98. The van der Waals surface area contributed by atoms with Gasteiger partial charge < -0.3 is 14.8 Å². The molecule has 1 aromatic heterocycles. The van der Waals surface area contributed by atoms with Gasteiger partial charge in [-0.3, -0.25) is 0 Å². The molecule has 0 saturated carbocycles. The number of aromatic nitrogens is 2. The number of hydrogen-bond acceptors (Lipinski definition) is 5. The third-order valence-electron chi connectivity index (χ3n) is 2.29. The summed E-state index contributed by atoms with van der Waals surface area (Å²) in [5.74, 6) is 0.883. The van der Waals surface area contributed by atoms with Crippen LogP contribution >= 0.6 is 0 Å². The Morgan fingerprint density at radius 1 is 1.24 bits per heavy atom. The van der Waals surface area contributed by atoms with Crippen LogP contribution in [0.15, 0.2) is 12.4 Å². The van der Waals surface area contributed by atoms with Gasteiger partial charge in [-0.15, -0.1) is 0 Å². The van der Waals surface area contributed by atoms with Crippen molar-refractivity contribution in [2.75, 3.05) is 38.8 Å². The Balaban J connectivity index is 2.09. The summed E-state index contributed by atoms with van der Waals surface area (Å²) in [4.78, 5) is 8.30. The number of aryl methyl sites for hydroxylation is 1. The molecule has 0 spiro atoms. The van der Waals surface area contributed by atoms with E-state index in [9.17, 15) is 0 Å². The van der Waals surface area contributed by atoms with Gasteiger partial charge in [-0.2, -0.15) is 0 Å². The normalized spacial score (nSPS) is 10.5. The van der Waals surface area contributed by atoms with Gasteiger partial charge in [0, 0.05) is 32.0 Å². The molecule has 0 atom stereocenters. The second-order valence-electron chi connectivity index (χ2n) is 3.63. The van der Waals surface area contributed by atoms with Crippen molar-refractivity contribution in [2.45, 2.75) is 19.8 Å². The average Bonchev–Trinajstić information content (AvgIpc) is 2.38. The number of hydrogen-bond donors (Lipinski definition) is 1. The maximum atomic E-state index is 5.36. The van der Waals surface area contributed by atoms with Crippen molar-refractivity contribution in [2.24, 2.45) is 0 Å². The van der Waals surface area contributed by atoms with Crippen LogP contribution in [0, 0.1) is 0 Å². The molecule has 0 unspecified atom stereocenters. The summed E-state index contributed by atoms with van der Waals surface area (Å²) >= 11 is 0. The molecule has 0 aromatic carbocycles. The molecular formula is C12H21N3O2. The Morgan fingerprint density at radius 2 is 2.12 bits per heavy atom. The predicted octanol–water partition coefficient (Wildman–Crippen LogP) is 1.50. The first-order valence-electron chi connectivity index (χ1n) is 5.98. The molecule has 0 aliphatic heterocycles. The van der Waals surface area contributed by atoms with Crippen molar-refractivity contribution in [3.63, 3.8) is 0 Å². The zero-order chi connectivity index (χ0) is 12.3. The van der Waals surface area contributed by atoms with Gasteiger partial charge in [0.2, 0.25) is 0 Å². The minimum atomic E-state index is 0.652. The van der Waals surface area contributed by atoms with Crippen LogP contribution in [0.2, 0.25) is 0 Å². The highest BCUT2D eigenvalue weighted by Gasteiger charge is 1.96. The van der Waals surface area contributed by atoms with Crippen molar-refractivity contribution in [1.82, 2.24) is 9.97 Å². The van der Waals surface area contributed by atoms with Crippen molar-refractivity contribution < 1.29 is 9.47 Å². The van der Waals surface area contributed by atoms with Gasteiger partial charge in [0.15, 0.2) is 0 Å². The molecule has 0 aliphatic carbocycles. The SMILES string of the molecule is CCc1cc(NCCCOCCOC)ncn1. The van der Waals surface area contributed by atoms with E-state index in [1.165, 1.54) is 0 Å². The third-order valence-corrected chi connectivity index (χ3v) is 2.29. The summed E-state index contributed by atoms with van der Waals surface area (Å²) in [5.41, 5.74) is 1.05. The molecule has 5 nitrogen and oxygen atoms in total. The maximum absolute atomic E-state index is 5.36. The second kappa shape index (κ2) is 8.90. The molecule has 0 saturated heterocycles. The topological polar surface area (TPSA) is 56.3 Å². The predicted molar refractivity (Wildman–Crippen MR) is 67.2 cm³/mol. The van der Waals surface area contributed by atoms with E-state index < -0.39 is 0 Å². The lowest BCUT2D eigenvalue weighted by Gasteiger charge is -2.06. The number of anilines is 1. The monoisotopic (exact) mass is 239 g/mol. The van der Waals surface area contributed by atoms with Crippen LogP contribution in [0.3, 0.4) is 0 Å². The molecule has 1 rings (SSSR count). The molecule has 1 N–H and O–H groups in total. The maximum Gasteiger partial charge on any atom is 0.129 e. The van der Waals surface area contributed by atoms with Crippen LogP contribution in [-0.2, 0) is 15.9 Å². The van der Waals surface area contributed by atoms with Crippen LogP contribution in [0.5, 0.6) is 0 Å². The van der Waals surface area contributed by atoms with Crippen LogP contribution < -0.4 is 5.32 Å². The first-order valence-corrected chi connectivity index (χ1v) is 5.98. The largest absolute Gasteiger partial charge is 0.382 e. The molecule has 0 amide bonds. The highest BCUT2D eigenvalue weighted by Crippen LogP contribution is 2.04. The highest BCUT2D eigenvalue weighted by atomic mass is 16.5. The number of nitrogens with zero attached hydrogens (tertiary/aromatic N) is 2. The van der Waals surface area contributed by atoms with Gasteiger partial charge in [-0.1, -0.05) is 6.92 Å². The number of rotatable bonds is 9. The van der Waals surface area contributed by atoms with Crippen LogP contribution in [-0.4, -0.2) is 43.4 Å². The van der Waals surface area contributed by atoms with Crippen LogP contribution in [0.1, 0.15) is 19.0 Å². The second-order valence-corrected chi connectivity index (χ2v) is 3.63. The summed E-state index contributed by atoms with van der Waals surface area (Å²) in [7, 11) is 1.67. The van der Waals surface area contributed by atoms with Gasteiger partial charge in [0.25, 0.3) is 0 Å². The van der Waals surface area contributed by atoms with E-state index >= 15 is 0 Å². The zero-order valence-electron chi connectivity index (χ0n) is 10.6. The quantitative estimate of drug-likeness (QED) is 0.662. The Bertz CT molecular complexity index is 308. The Labute approximate surface area is 103 Å². The van der Waals surface area contributed by atoms with Gasteiger partial charge in [0.05, 0.1) is 13.2 Å². The fraction of sp³-hybridized carbons (Fsp3) is 0.667. The average molecular weight is 239 g/mol. The molecule has 1 heterocycles.